The predicted octanol–water partition coefficient (Wildman–Crippen LogP) is 2.33. The number of piperidine rings is 1. The van der Waals surface area contributed by atoms with Crippen molar-refractivity contribution in [2.45, 2.75) is 38.4 Å². The third-order valence-corrected chi connectivity index (χ3v) is 2.60. The van der Waals surface area contributed by atoms with Crippen LogP contribution < -0.4 is 5.32 Å². The molecule has 12 heavy (non-hydrogen) atoms. The van der Waals surface area contributed by atoms with Crippen LogP contribution in [-0.2, 0) is 0 Å². The van der Waals surface area contributed by atoms with Gasteiger partial charge in [-0.15, -0.1) is 0 Å². The fraction of sp³-hybridized carbons (Fsp3) is 1.00. The van der Waals surface area contributed by atoms with Gasteiger partial charge in [-0.1, -0.05) is 6.92 Å². The van der Waals surface area contributed by atoms with Crippen molar-refractivity contribution in [3.05, 3.63) is 0 Å². The molecule has 1 N–H and O–H groups in total. The molecule has 0 saturated carbocycles. The summed E-state index contributed by atoms with van der Waals surface area (Å²) < 4.78 is 37.2. The molecule has 0 aromatic carbocycles. The van der Waals surface area contributed by atoms with Gasteiger partial charge in [0, 0.05) is 0 Å². The summed E-state index contributed by atoms with van der Waals surface area (Å²) in [5.74, 6) is 0.362. The van der Waals surface area contributed by atoms with E-state index in [1.54, 1.807) is 0 Å². The van der Waals surface area contributed by atoms with Crippen molar-refractivity contribution >= 4 is 0 Å². The Kier molecular flexibility index (Phi) is 2.38. The molecule has 1 nitrogen and oxygen atoms in total. The zero-order chi connectivity index (χ0) is 9.41. The first-order valence-electron chi connectivity index (χ1n) is 4.17. The standard InChI is InChI=1S/C8H14F3N/c1-6-3-4-7(2,12-5-6)8(9,10)11/h6,12H,3-5H2,1-2H3/t6-,7+/m0/s1. The van der Waals surface area contributed by atoms with Gasteiger partial charge in [0.25, 0.3) is 0 Å². The maximum absolute atomic E-state index is 12.4. The highest BCUT2D eigenvalue weighted by Crippen LogP contribution is 2.36. The van der Waals surface area contributed by atoms with Gasteiger partial charge in [0.15, 0.2) is 0 Å². The summed E-state index contributed by atoms with van der Waals surface area (Å²) in [5.41, 5.74) is -1.65. The van der Waals surface area contributed by atoms with Crippen LogP contribution in [0.5, 0.6) is 0 Å². The summed E-state index contributed by atoms with van der Waals surface area (Å²) in [4.78, 5) is 0. The van der Waals surface area contributed by atoms with E-state index in [0.717, 1.165) is 0 Å². The maximum atomic E-state index is 12.4. The summed E-state index contributed by atoms with van der Waals surface area (Å²) in [6.07, 6.45) is -3.27. The smallest absolute Gasteiger partial charge is 0.304 e. The average Bonchev–Trinajstić information content (AvgIpc) is 1.93. The first kappa shape index (κ1) is 9.84. The highest BCUT2D eigenvalue weighted by atomic mass is 19.4. The van der Waals surface area contributed by atoms with Crippen LogP contribution in [0.4, 0.5) is 13.2 Å². The quantitative estimate of drug-likeness (QED) is 0.604. The van der Waals surface area contributed by atoms with Crippen molar-refractivity contribution in [1.82, 2.24) is 5.32 Å². The van der Waals surface area contributed by atoms with Crippen molar-refractivity contribution in [3.63, 3.8) is 0 Å². The molecule has 0 aliphatic carbocycles. The Labute approximate surface area is 70.3 Å². The molecule has 0 aromatic heterocycles. The van der Waals surface area contributed by atoms with Crippen molar-refractivity contribution in [3.8, 4) is 0 Å². The van der Waals surface area contributed by atoms with E-state index in [1.165, 1.54) is 6.92 Å². The lowest BCUT2D eigenvalue weighted by Crippen LogP contribution is -2.58. The van der Waals surface area contributed by atoms with Crippen molar-refractivity contribution in [2.75, 3.05) is 6.54 Å². The van der Waals surface area contributed by atoms with Gasteiger partial charge in [-0.2, -0.15) is 13.2 Å². The Morgan fingerprint density at radius 3 is 2.33 bits per heavy atom. The third kappa shape index (κ3) is 1.73. The van der Waals surface area contributed by atoms with E-state index in [0.29, 0.717) is 18.9 Å². The Morgan fingerprint density at radius 2 is 2.00 bits per heavy atom. The number of hydrogen-bond acceptors (Lipinski definition) is 1. The van der Waals surface area contributed by atoms with Gasteiger partial charge >= 0.3 is 6.18 Å². The summed E-state index contributed by atoms with van der Waals surface area (Å²) >= 11 is 0. The number of alkyl halides is 3. The van der Waals surface area contributed by atoms with Crippen LogP contribution in [0.25, 0.3) is 0 Å². The Balaban J connectivity index is 2.62. The van der Waals surface area contributed by atoms with Crippen LogP contribution in [0.3, 0.4) is 0 Å². The minimum atomic E-state index is -4.12. The average molecular weight is 181 g/mol. The Bertz CT molecular complexity index is 156. The maximum Gasteiger partial charge on any atom is 0.406 e. The molecule has 1 rings (SSSR count). The molecule has 0 bridgehead atoms. The zero-order valence-electron chi connectivity index (χ0n) is 7.33. The second-order valence-electron chi connectivity index (χ2n) is 3.85. The lowest BCUT2D eigenvalue weighted by atomic mass is 9.86. The van der Waals surface area contributed by atoms with Gasteiger partial charge in [0.05, 0.1) is 0 Å². The number of nitrogens with one attached hydrogen (secondary N) is 1. The molecule has 1 aliphatic rings. The molecule has 1 aliphatic heterocycles. The lowest BCUT2D eigenvalue weighted by Gasteiger charge is -2.38. The van der Waals surface area contributed by atoms with E-state index in [2.05, 4.69) is 5.32 Å². The lowest BCUT2D eigenvalue weighted by molar-refractivity contribution is -0.199. The molecule has 0 amide bonds. The Morgan fingerprint density at radius 1 is 1.42 bits per heavy atom. The van der Waals surface area contributed by atoms with Crippen LogP contribution in [0.15, 0.2) is 0 Å². The van der Waals surface area contributed by atoms with E-state index in [1.807, 2.05) is 6.92 Å². The van der Waals surface area contributed by atoms with Crippen molar-refractivity contribution < 1.29 is 13.2 Å². The molecular formula is C8H14F3N. The van der Waals surface area contributed by atoms with Crippen molar-refractivity contribution in [2.24, 2.45) is 5.92 Å². The molecule has 4 heteroatoms. The molecule has 0 unspecified atom stereocenters. The SMILES string of the molecule is C[C@H]1CC[C@](C)(C(F)(F)F)NC1. The molecule has 0 radical (unpaired) electrons. The minimum absolute atomic E-state index is 0.192. The monoisotopic (exact) mass is 181 g/mol. The first-order chi connectivity index (χ1) is 5.35. The van der Waals surface area contributed by atoms with Gasteiger partial charge in [0.2, 0.25) is 0 Å². The number of rotatable bonds is 0. The van der Waals surface area contributed by atoms with Gasteiger partial charge in [-0.05, 0) is 32.2 Å². The predicted molar refractivity (Wildman–Crippen MR) is 40.9 cm³/mol. The molecule has 1 heterocycles. The molecule has 0 aromatic rings. The normalized spacial score (nSPS) is 38.2. The summed E-state index contributed by atoms with van der Waals surface area (Å²) in [7, 11) is 0. The fourth-order valence-corrected chi connectivity index (χ4v) is 1.37. The fourth-order valence-electron chi connectivity index (χ4n) is 1.37. The van der Waals surface area contributed by atoms with Crippen LogP contribution >= 0.6 is 0 Å². The van der Waals surface area contributed by atoms with E-state index in [9.17, 15) is 13.2 Å². The second-order valence-corrected chi connectivity index (χ2v) is 3.85. The van der Waals surface area contributed by atoms with Crippen LogP contribution in [0, 0.1) is 5.92 Å². The molecular weight excluding hydrogens is 167 g/mol. The summed E-state index contributed by atoms with van der Waals surface area (Å²) in [5, 5.41) is 2.56. The van der Waals surface area contributed by atoms with Gasteiger partial charge in [0.1, 0.15) is 5.54 Å². The third-order valence-electron chi connectivity index (χ3n) is 2.60. The van der Waals surface area contributed by atoms with Gasteiger partial charge in [-0.3, -0.25) is 0 Å². The van der Waals surface area contributed by atoms with Gasteiger partial charge < -0.3 is 5.32 Å². The van der Waals surface area contributed by atoms with Crippen LogP contribution in [0.2, 0.25) is 0 Å². The molecule has 1 saturated heterocycles. The first-order valence-corrected chi connectivity index (χ1v) is 4.17. The highest BCUT2D eigenvalue weighted by Gasteiger charge is 2.51. The summed E-state index contributed by atoms with van der Waals surface area (Å²) in [6, 6.07) is 0. The van der Waals surface area contributed by atoms with Gasteiger partial charge in [-0.25, -0.2) is 0 Å². The molecule has 0 spiro atoms. The molecule has 72 valence electrons. The topological polar surface area (TPSA) is 12.0 Å². The molecule has 2 atom stereocenters. The number of hydrogen-bond donors (Lipinski definition) is 1. The van der Waals surface area contributed by atoms with E-state index >= 15 is 0 Å². The van der Waals surface area contributed by atoms with Crippen molar-refractivity contribution in [1.29, 1.82) is 0 Å². The largest absolute Gasteiger partial charge is 0.406 e. The highest BCUT2D eigenvalue weighted by molar-refractivity contribution is 4.94. The van der Waals surface area contributed by atoms with Crippen LogP contribution in [-0.4, -0.2) is 18.3 Å². The van der Waals surface area contributed by atoms with E-state index in [-0.39, 0.29) is 6.42 Å². The molecule has 1 fully saturated rings. The Hall–Kier alpha value is -0.250. The second kappa shape index (κ2) is 2.91. The van der Waals surface area contributed by atoms with E-state index in [4.69, 9.17) is 0 Å². The summed E-state index contributed by atoms with van der Waals surface area (Å²) in [6.45, 7) is 3.66. The van der Waals surface area contributed by atoms with E-state index < -0.39 is 11.7 Å². The van der Waals surface area contributed by atoms with Crippen LogP contribution in [0.1, 0.15) is 26.7 Å². The number of halogens is 3. The minimum Gasteiger partial charge on any atom is -0.304 e. The zero-order valence-corrected chi connectivity index (χ0v) is 7.33.